The number of halogens is 1. The van der Waals surface area contributed by atoms with Crippen LogP contribution in [0.3, 0.4) is 0 Å². The van der Waals surface area contributed by atoms with E-state index in [9.17, 15) is 0 Å². The first-order valence-corrected chi connectivity index (χ1v) is 6.24. The monoisotopic (exact) mass is 273 g/mol. The van der Waals surface area contributed by atoms with Gasteiger partial charge in [-0.25, -0.2) is 4.98 Å². The SMILES string of the molecule is NCc1ccc(Oc2cccc3nccn23)cc1Cl. The number of nitrogens with two attached hydrogens (primary N) is 1. The van der Waals surface area contributed by atoms with Crippen molar-refractivity contribution in [3.8, 4) is 11.6 Å². The van der Waals surface area contributed by atoms with E-state index in [-0.39, 0.29) is 0 Å². The van der Waals surface area contributed by atoms with Gasteiger partial charge >= 0.3 is 0 Å². The van der Waals surface area contributed by atoms with Gasteiger partial charge in [0.25, 0.3) is 0 Å². The predicted molar refractivity (Wildman–Crippen MR) is 74.6 cm³/mol. The summed E-state index contributed by atoms with van der Waals surface area (Å²) in [6.07, 6.45) is 3.58. The summed E-state index contributed by atoms with van der Waals surface area (Å²) in [7, 11) is 0. The van der Waals surface area contributed by atoms with E-state index in [1.807, 2.05) is 40.9 Å². The third-order valence-corrected chi connectivity index (χ3v) is 3.21. The lowest BCUT2D eigenvalue weighted by Crippen LogP contribution is -1.98. The quantitative estimate of drug-likeness (QED) is 0.797. The van der Waals surface area contributed by atoms with Crippen LogP contribution in [0, 0.1) is 0 Å². The van der Waals surface area contributed by atoms with Gasteiger partial charge in [-0.2, -0.15) is 0 Å². The molecule has 5 heteroatoms. The molecule has 0 aliphatic heterocycles. The van der Waals surface area contributed by atoms with E-state index in [1.54, 1.807) is 12.3 Å². The molecule has 0 spiro atoms. The summed E-state index contributed by atoms with van der Waals surface area (Å²) in [5.74, 6) is 1.36. The minimum atomic E-state index is 0.413. The molecule has 0 atom stereocenters. The molecule has 2 N–H and O–H groups in total. The molecule has 0 saturated carbocycles. The van der Waals surface area contributed by atoms with Crippen LogP contribution in [0.2, 0.25) is 5.02 Å². The molecule has 19 heavy (non-hydrogen) atoms. The number of aromatic nitrogens is 2. The maximum atomic E-state index is 6.11. The van der Waals surface area contributed by atoms with Gasteiger partial charge in [0.15, 0.2) is 0 Å². The maximum absolute atomic E-state index is 6.11. The first-order chi connectivity index (χ1) is 9.28. The van der Waals surface area contributed by atoms with E-state index in [0.29, 0.717) is 23.2 Å². The Labute approximate surface area is 115 Å². The highest BCUT2D eigenvalue weighted by Crippen LogP contribution is 2.27. The predicted octanol–water partition coefficient (Wildman–Crippen LogP) is 3.24. The molecule has 96 valence electrons. The Hall–Kier alpha value is -2.04. The summed E-state index contributed by atoms with van der Waals surface area (Å²) in [6.45, 7) is 0.413. The van der Waals surface area contributed by atoms with Gasteiger partial charge in [-0.1, -0.05) is 23.7 Å². The van der Waals surface area contributed by atoms with E-state index in [4.69, 9.17) is 22.1 Å². The van der Waals surface area contributed by atoms with Crippen molar-refractivity contribution in [2.75, 3.05) is 0 Å². The molecule has 2 heterocycles. The normalized spacial score (nSPS) is 10.8. The van der Waals surface area contributed by atoms with Crippen molar-refractivity contribution in [3.05, 3.63) is 59.4 Å². The van der Waals surface area contributed by atoms with Crippen LogP contribution >= 0.6 is 11.6 Å². The van der Waals surface area contributed by atoms with Gasteiger partial charge in [0.1, 0.15) is 11.4 Å². The third kappa shape index (κ3) is 2.28. The highest BCUT2D eigenvalue weighted by atomic mass is 35.5. The number of imidazole rings is 1. The van der Waals surface area contributed by atoms with Gasteiger partial charge in [0, 0.05) is 24.0 Å². The smallest absolute Gasteiger partial charge is 0.205 e. The number of pyridine rings is 1. The highest BCUT2D eigenvalue weighted by Gasteiger charge is 2.05. The zero-order valence-electron chi connectivity index (χ0n) is 10.1. The first-order valence-electron chi connectivity index (χ1n) is 5.86. The van der Waals surface area contributed by atoms with Gasteiger partial charge in [0.2, 0.25) is 5.88 Å². The molecule has 3 rings (SSSR count). The minimum absolute atomic E-state index is 0.413. The molecule has 0 saturated heterocycles. The summed E-state index contributed by atoms with van der Waals surface area (Å²) in [5.41, 5.74) is 7.31. The molecule has 0 fully saturated rings. The molecule has 0 aliphatic rings. The molecule has 4 nitrogen and oxygen atoms in total. The topological polar surface area (TPSA) is 52.5 Å². The van der Waals surface area contributed by atoms with Gasteiger partial charge in [-0.15, -0.1) is 0 Å². The number of fused-ring (bicyclic) bond motifs is 1. The maximum Gasteiger partial charge on any atom is 0.205 e. The van der Waals surface area contributed by atoms with Crippen LogP contribution in [0.25, 0.3) is 5.65 Å². The van der Waals surface area contributed by atoms with Crippen molar-refractivity contribution >= 4 is 17.2 Å². The lowest BCUT2D eigenvalue weighted by molar-refractivity contribution is 0.456. The summed E-state index contributed by atoms with van der Waals surface area (Å²) < 4.78 is 7.69. The van der Waals surface area contributed by atoms with Crippen LogP contribution in [0.5, 0.6) is 11.6 Å². The number of benzene rings is 1. The molecule has 0 unspecified atom stereocenters. The molecule has 2 aromatic heterocycles. The third-order valence-electron chi connectivity index (χ3n) is 2.86. The van der Waals surface area contributed by atoms with Crippen molar-refractivity contribution < 1.29 is 4.74 Å². The minimum Gasteiger partial charge on any atom is -0.440 e. The fourth-order valence-electron chi connectivity index (χ4n) is 1.88. The zero-order valence-corrected chi connectivity index (χ0v) is 10.8. The van der Waals surface area contributed by atoms with E-state index < -0.39 is 0 Å². The van der Waals surface area contributed by atoms with Crippen molar-refractivity contribution in [1.29, 1.82) is 0 Å². The van der Waals surface area contributed by atoms with Crippen molar-refractivity contribution in [2.24, 2.45) is 5.73 Å². The first kappa shape index (κ1) is 12.0. The molecule has 1 aromatic carbocycles. The molecular formula is C14H12ClN3O. The molecule has 0 bridgehead atoms. The van der Waals surface area contributed by atoms with Crippen LogP contribution in [-0.4, -0.2) is 9.38 Å². The average molecular weight is 274 g/mol. The summed E-state index contributed by atoms with van der Waals surface area (Å²) in [4.78, 5) is 4.21. The molecule has 3 aromatic rings. The Bertz CT molecular complexity index is 724. The van der Waals surface area contributed by atoms with Crippen LogP contribution in [-0.2, 0) is 6.54 Å². The Kier molecular flexibility index (Phi) is 3.11. The number of ether oxygens (including phenoxy) is 1. The number of nitrogens with zero attached hydrogens (tertiary/aromatic N) is 2. The second-order valence-corrected chi connectivity index (χ2v) is 4.49. The standard InChI is InChI=1S/C14H12ClN3O/c15-12-8-11(5-4-10(12)9-16)19-14-3-1-2-13-17-6-7-18(13)14/h1-8H,9,16H2. The Balaban J connectivity index is 1.97. The lowest BCUT2D eigenvalue weighted by Gasteiger charge is -2.09. The van der Waals surface area contributed by atoms with Gasteiger partial charge in [-0.3, -0.25) is 4.40 Å². The highest BCUT2D eigenvalue weighted by molar-refractivity contribution is 6.31. The summed E-state index contributed by atoms with van der Waals surface area (Å²) >= 11 is 6.11. The Morgan fingerprint density at radius 1 is 1.26 bits per heavy atom. The molecule has 0 amide bonds. The van der Waals surface area contributed by atoms with Gasteiger partial charge in [0.05, 0.1) is 0 Å². The largest absolute Gasteiger partial charge is 0.440 e. The average Bonchev–Trinajstić information content (AvgIpc) is 2.88. The fraction of sp³-hybridized carbons (Fsp3) is 0.0714. The van der Waals surface area contributed by atoms with Crippen LogP contribution in [0.1, 0.15) is 5.56 Å². The molecular weight excluding hydrogens is 262 g/mol. The number of hydrogen-bond donors (Lipinski definition) is 1. The Morgan fingerprint density at radius 2 is 2.16 bits per heavy atom. The van der Waals surface area contributed by atoms with Crippen LogP contribution < -0.4 is 10.5 Å². The second-order valence-electron chi connectivity index (χ2n) is 4.08. The van der Waals surface area contributed by atoms with E-state index in [2.05, 4.69) is 4.98 Å². The number of hydrogen-bond acceptors (Lipinski definition) is 3. The van der Waals surface area contributed by atoms with Crippen molar-refractivity contribution in [1.82, 2.24) is 9.38 Å². The second kappa shape index (κ2) is 4.91. The summed E-state index contributed by atoms with van der Waals surface area (Å²) in [6, 6.07) is 11.2. The van der Waals surface area contributed by atoms with Gasteiger partial charge in [-0.05, 0) is 29.8 Å². The van der Waals surface area contributed by atoms with E-state index in [1.165, 1.54) is 0 Å². The molecule has 0 aliphatic carbocycles. The zero-order chi connectivity index (χ0) is 13.2. The van der Waals surface area contributed by atoms with Crippen molar-refractivity contribution in [2.45, 2.75) is 6.54 Å². The van der Waals surface area contributed by atoms with E-state index in [0.717, 1.165) is 11.2 Å². The fourth-order valence-corrected chi connectivity index (χ4v) is 2.13. The van der Waals surface area contributed by atoms with Crippen LogP contribution in [0.4, 0.5) is 0 Å². The van der Waals surface area contributed by atoms with Gasteiger partial charge < -0.3 is 10.5 Å². The Morgan fingerprint density at radius 3 is 2.95 bits per heavy atom. The lowest BCUT2D eigenvalue weighted by atomic mass is 10.2. The number of rotatable bonds is 3. The van der Waals surface area contributed by atoms with E-state index >= 15 is 0 Å². The summed E-state index contributed by atoms with van der Waals surface area (Å²) in [5, 5.41) is 0.609. The van der Waals surface area contributed by atoms with Crippen molar-refractivity contribution in [3.63, 3.8) is 0 Å². The van der Waals surface area contributed by atoms with Crippen LogP contribution in [0.15, 0.2) is 48.8 Å². The molecule has 0 radical (unpaired) electrons.